The molecular formula is C30H36F3N4O2P. The van der Waals surface area contributed by atoms with Gasteiger partial charge in [0.25, 0.3) is 17.5 Å². The Morgan fingerprint density at radius 2 is 1.75 bits per heavy atom. The van der Waals surface area contributed by atoms with Gasteiger partial charge in [0.1, 0.15) is 5.82 Å². The molecule has 4 rings (SSSR count). The number of halogens is 3. The maximum absolute atomic E-state index is 14.9. The van der Waals surface area contributed by atoms with Crippen LogP contribution >= 0.6 is 9.24 Å². The van der Waals surface area contributed by atoms with Crippen molar-refractivity contribution in [2.45, 2.75) is 40.3 Å². The quantitative estimate of drug-likeness (QED) is 0.199. The predicted molar refractivity (Wildman–Crippen MR) is 159 cm³/mol. The van der Waals surface area contributed by atoms with E-state index in [-0.39, 0.29) is 22.5 Å². The van der Waals surface area contributed by atoms with Crippen LogP contribution in [0.15, 0.2) is 42.5 Å². The maximum atomic E-state index is 14.9. The van der Waals surface area contributed by atoms with Crippen LogP contribution in [0.5, 0.6) is 0 Å². The zero-order valence-corrected chi connectivity index (χ0v) is 24.6. The normalized spacial score (nSPS) is 13.7. The Morgan fingerprint density at radius 3 is 2.35 bits per heavy atom. The van der Waals surface area contributed by atoms with E-state index in [0.29, 0.717) is 35.5 Å². The van der Waals surface area contributed by atoms with Gasteiger partial charge >= 0.3 is 0 Å². The van der Waals surface area contributed by atoms with Crippen molar-refractivity contribution in [3.63, 3.8) is 0 Å². The first-order valence-electron chi connectivity index (χ1n) is 13.4. The molecule has 3 N–H and O–H groups in total. The van der Waals surface area contributed by atoms with Crippen LogP contribution < -0.4 is 10.6 Å². The van der Waals surface area contributed by atoms with Crippen LogP contribution in [-0.2, 0) is 10.5 Å². The number of anilines is 1. The summed E-state index contributed by atoms with van der Waals surface area (Å²) in [7, 11) is 1.49. The Hall–Kier alpha value is -3.42. The van der Waals surface area contributed by atoms with Gasteiger partial charge in [-0.25, -0.2) is 4.39 Å². The number of aryl methyl sites for hydroxylation is 1. The fourth-order valence-electron chi connectivity index (χ4n) is 4.75. The first-order chi connectivity index (χ1) is 19.0. The predicted octanol–water partition coefficient (Wildman–Crippen LogP) is 6.64. The lowest BCUT2D eigenvalue weighted by atomic mass is 9.94. The molecule has 0 saturated heterocycles. The first-order valence-corrected chi connectivity index (χ1v) is 14.0. The van der Waals surface area contributed by atoms with E-state index < -0.39 is 28.9 Å². The topological polar surface area (TPSA) is 77.2 Å². The monoisotopic (exact) mass is 572 g/mol. The molecule has 3 aromatic rings. The van der Waals surface area contributed by atoms with Crippen LogP contribution in [0, 0.1) is 12.7 Å². The number of benzene rings is 2. The van der Waals surface area contributed by atoms with Gasteiger partial charge in [-0.05, 0) is 55.4 Å². The maximum Gasteiger partial charge on any atom is 0.286 e. The molecule has 0 saturated carbocycles. The Morgan fingerprint density at radius 1 is 1.10 bits per heavy atom. The number of carbonyl (C=O) groups is 2. The minimum Gasteiger partial charge on any atom is -0.358 e. The van der Waals surface area contributed by atoms with Gasteiger partial charge in [-0.3, -0.25) is 9.59 Å². The highest BCUT2D eigenvalue weighted by Gasteiger charge is 2.37. The lowest BCUT2D eigenvalue weighted by Gasteiger charge is -2.18. The molecule has 0 radical (unpaired) electrons. The van der Waals surface area contributed by atoms with Crippen molar-refractivity contribution in [1.82, 2.24) is 15.2 Å². The summed E-state index contributed by atoms with van der Waals surface area (Å²) in [5.41, 5.74) is -1.39. The zero-order valence-electron chi connectivity index (χ0n) is 23.4. The largest absolute Gasteiger partial charge is 0.358 e. The molecule has 2 aromatic carbocycles. The molecule has 0 aliphatic carbocycles. The van der Waals surface area contributed by atoms with Gasteiger partial charge in [0.15, 0.2) is 0 Å². The Balaban J connectivity index is 0.00000216. The number of carbonyl (C=O) groups excluding carboxylic acids is 2. The Kier molecular flexibility index (Phi) is 10.3. The van der Waals surface area contributed by atoms with E-state index in [2.05, 4.69) is 20.5 Å². The second kappa shape index (κ2) is 13.3. The molecule has 0 spiro atoms. The number of rotatable bonds is 9. The molecule has 1 aliphatic heterocycles. The molecule has 1 unspecified atom stereocenters. The van der Waals surface area contributed by atoms with Crippen LogP contribution in [0.25, 0.3) is 22.8 Å². The molecule has 1 aliphatic rings. The van der Waals surface area contributed by atoms with E-state index in [1.807, 2.05) is 27.7 Å². The number of aromatic amines is 1. The number of nitrogens with one attached hydrogen (secondary N) is 3. The molecular weight excluding hydrogens is 536 g/mol. The molecule has 2 amide bonds. The molecule has 1 aromatic heterocycles. The minimum absolute atomic E-state index is 0.0386. The summed E-state index contributed by atoms with van der Waals surface area (Å²) in [5.74, 6) is -1.48. The van der Waals surface area contributed by atoms with Crippen molar-refractivity contribution in [2.24, 2.45) is 0 Å². The van der Waals surface area contributed by atoms with E-state index in [9.17, 15) is 22.8 Å². The molecule has 214 valence electrons. The smallest absolute Gasteiger partial charge is 0.286 e. The summed E-state index contributed by atoms with van der Waals surface area (Å²) in [6.45, 7) is 12.1. The summed E-state index contributed by atoms with van der Waals surface area (Å²) < 4.78 is 43.4. The van der Waals surface area contributed by atoms with Crippen molar-refractivity contribution in [3.05, 3.63) is 76.4 Å². The van der Waals surface area contributed by atoms with E-state index in [1.54, 1.807) is 37.3 Å². The molecule has 2 heterocycles. The van der Waals surface area contributed by atoms with Crippen LogP contribution in [0.3, 0.4) is 0 Å². The molecule has 6 nitrogen and oxygen atoms in total. The van der Waals surface area contributed by atoms with E-state index in [0.717, 1.165) is 13.1 Å². The summed E-state index contributed by atoms with van der Waals surface area (Å²) >= 11 is 0. The third-order valence-corrected chi connectivity index (χ3v) is 6.94. The van der Waals surface area contributed by atoms with Gasteiger partial charge in [0.05, 0.1) is 16.7 Å². The number of nitrogens with zero attached hydrogens (tertiary/aromatic N) is 1. The molecule has 1 atom stereocenters. The standard InChI is InChI=1S/C28H30F3N4O2P.C2H6/c1-4-35(5-2)14-13-32-27(37)23-16(3)33-22(25(23)28(30,31)38)15-20-24-19(17-9-11-18(29)12-10-17)7-6-8-21(24)34-26(20)36;1-2/h6-12,15,33H,4-5,13-14,38H2,1-3H3,(H,32,37)(H,34,36);1-2H3/b20-15-;. The van der Waals surface area contributed by atoms with Gasteiger partial charge in [-0.15, -0.1) is 0 Å². The van der Waals surface area contributed by atoms with Crippen molar-refractivity contribution in [3.8, 4) is 11.1 Å². The summed E-state index contributed by atoms with van der Waals surface area (Å²) in [5, 5.41) is 5.51. The number of hydrogen-bond donors (Lipinski definition) is 3. The average molecular weight is 573 g/mol. The van der Waals surface area contributed by atoms with Crippen molar-refractivity contribution in [2.75, 3.05) is 31.5 Å². The van der Waals surface area contributed by atoms with Crippen molar-refractivity contribution >= 4 is 38.4 Å². The van der Waals surface area contributed by atoms with Gasteiger partial charge in [0, 0.05) is 35.7 Å². The summed E-state index contributed by atoms with van der Waals surface area (Å²) in [6, 6.07) is 11.0. The van der Waals surface area contributed by atoms with Crippen LogP contribution in [0.4, 0.5) is 18.9 Å². The van der Waals surface area contributed by atoms with E-state index >= 15 is 0 Å². The number of likely N-dealkylation sites (N-methyl/N-ethyl adjacent to an activating group) is 1. The van der Waals surface area contributed by atoms with Gasteiger partial charge in [-0.2, -0.15) is 8.78 Å². The SMILES string of the molecule is CC.CCN(CC)CCNC(=O)c1c(C)[nH]c(/C=C2\C(=O)Nc3cccc(-c4ccc(F)cc4)c32)c1C(F)(F)P. The minimum atomic E-state index is -3.45. The molecule has 40 heavy (non-hydrogen) atoms. The third-order valence-electron chi connectivity index (χ3n) is 6.66. The van der Waals surface area contributed by atoms with Gasteiger partial charge in [-0.1, -0.05) is 61.2 Å². The van der Waals surface area contributed by atoms with Crippen molar-refractivity contribution < 1.29 is 22.8 Å². The summed E-state index contributed by atoms with van der Waals surface area (Å²) in [6.07, 6.45) is 1.35. The lowest BCUT2D eigenvalue weighted by Crippen LogP contribution is -2.35. The number of amides is 2. The van der Waals surface area contributed by atoms with Crippen LogP contribution in [0.1, 0.15) is 60.6 Å². The second-order valence-corrected chi connectivity index (χ2v) is 9.79. The Labute approximate surface area is 235 Å². The lowest BCUT2D eigenvalue weighted by molar-refractivity contribution is -0.110. The van der Waals surface area contributed by atoms with Crippen LogP contribution in [0.2, 0.25) is 0 Å². The fourth-order valence-corrected chi connectivity index (χ4v) is 5.04. The number of aromatic nitrogens is 1. The number of H-pyrrole nitrogens is 1. The van der Waals surface area contributed by atoms with Crippen LogP contribution in [-0.4, -0.2) is 47.9 Å². The molecule has 0 bridgehead atoms. The fraction of sp³-hybridized carbons (Fsp3) is 0.333. The highest BCUT2D eigenvalue weighted by molar-refractivity contribution is 7.17. The number of alkyl halides is 2. The summed E-state index contributed by atoms with van der Waals surface area (Å²) in [4.78, 5) is 31.0. The first kappa shape index (κ1) is 31.1. The van der Waals surface area contributed by atoms with Crippen molar-refractivity contribution in [1.29, 1.82) is 0 Å². The zero-order chi connectivity index (χ0) is 29.6. The number of hydrogen-bond acceptors (Lipinski definition) is 3. The second-order valence-electron chi connectivity index (χ2n) is 9.07. The molecule has 10 heteroatoms. The van der Waals surface area contributed by atoms with Gasteiger partial charge < -0.3 is 20.5 Å². The van der Waals surface area contributed by atoms with Gasteiger partial charge in [0.2, 0.25) is 0 Å². The van der Waals surface area contributed by atoms with E-state index in [4.69, 9.17) is 0 Å². The highest BCUT2D eigenvalue weighted by Crippen LogP contribution is 2.44. The Bertz CT molecular complexity index is 1390. The molecule has 0 fully saturated rings. The average Bonchev–Trinajstić information content (AvgIpc) is 3.44. The number of fused-ring (bicyclic) bond motifs is 1. The highest BCUT2D eigenvalue weighted by atomic mass is 31.0. The van der Waals surface area contributed by atoms with E-state index in [1.165, 1.54) is 27.4 Å². The third kappa shape index (κ3) is 6.65.